The van der Waals surface area contributed by atoms with E-state index in [2.05, 4.69) is 27.2 Å². The minimum absolute atomic E-state index is 0.0867. The van der Waals surface area contributed by atoms with Crippen molar-refractivity contribution in [3.05, 3.63) is 94.9 Å². The fraction of sp³-hybridized carbons (Fsp3) is 0.379. The fourth-order valence-electron chi connectivity index (χ4n) is 5.70. The zero-order valence-electron chi connectivity index (χ0n) is 20.4. The summed E-state index contributed by atoms with van der Waals surface area (Å²) in [6, 6.07) is 19.5. The molecule has 35 heavy (non-hydrogen) atoms. The minimum Gasteiger partial charge on any atom is -0.459 e. The van der Waals surface area contributed by atoms with Gasteiger partial charge >= 0.3 is 0 Å². The molecule has 6 heteroatoms. The Kier molecular flexibility index (Phi) is 6.73. The van der Waals surface area contributed by atoms with Gasteiger partial charge in [0.05, 0.1) is 12.3 Å². The number of rotatable bonds is 7. The third-order valence-corrected chi connectivity index (χ3v) is 7.53. The molecule has 182 valence electrons. The lowest BCUT2D eigenvalue weighted by molar-refractivity contribution is 0.0772. The molecule has 0 radical (unpaired) electrons. The maximum Gasteiger partial charge on any atom is 0.287 e. The van der Waals surface area contributed by atoms with Crippen LogP contribution in [0.2, 0.25) is 0 Å². The van der Waals surface area contributed by atoms with Gasteiger partial charge in [0.1, 0.15) is 0 Å². The average molecular weight is 472 g/mol. The third-order valence-electron chi connectivity index (χ3n) is 7.53. The zero-order valence-corrected chi connectivity index (χ0v) is 20.4. The summed E-state index contributed by atoms with van der Waals surface area (Å²) < 4.78 is 5.28. The highest BCUT2D eigenvalue weighted by molar-refractivity contribution is 5.97. The molecule has 5 rings (SSSR count). The Morgan fingerprint density at radius 3 is 2.23 bits per heavy atom. The summed E-state index contributed by atoms with van der Waals surface area (Å²) in [5, 5.41) is 3.15. The first-order valence-electron chi connectivity index (χ1n) is 12.5. The van der Waals surface area contributed by atoms with Gasteiger partial charge in [-0.15, -0.1) is 0 Å². The first-order chi connectivity index (χ1) is 17.0. The molecule has 2 aliphatic heterocycles. The normalized spacial score (nSPS) is 20.6. The molecule has 0 bridgehead atoms. The number of aryl methyl sites for hydroxylation is 2. The van der Waals surface area contributed by atoms with Gasteiger partial charge in [-0.1, -0.05) is 48.5 Å². The van der Waals surface area contributed by atoms with Gasteiger partial charge in [0, 0.05) is 38.3 Å². The molecule has 3 atom stereocenters. The molecule has 3 aromatic rings. The number of carbonyl (C=O) groups is 2. The second-order valence-corrected chi connectivity index (χ2v) is 9.96. The van der Waals surface area contributed by atoms with Crippen LogP contribution in [0, 0.1) is 25.7 Å². The lowest BCUT2D eigenvalue weighted by Crippen LogP contribution is -2.35. The van der Waals surface area contributed by atoms with E-state index >= 15 is 0 Å². The highest BCUT2D eigenvalue weighted by Gasteiger charge is 2.42. The molecule has 1 N–H and O–H groups in total. The maximum atomic E-state index is 13.2. The van der Waals surface area contributed by atoms with E-state index in [1.165, 1.54) is 6.26 Å². The summed E-state index contributed by atoms with van der Waals surface area (Å²) in [5.41, 5.74) is 4.06. The van der Waals surface area contributed by atoms with E-state index in [9.17, 15) is 9.59 Å². The van der Waals surface area contributed by atoms with Crippen LogP contribution in [0.15, 0.2) is 71.3 Å². The molecule has 2 saturated heterocycles. The molecule has 0 aliphatic carbocycles. The van der Waals surface area contributed by atoms with Crippen LogP contribution in [-0.2, 0) is 0 Å². The number of hydrogen-bond acceptors (Lipinski definition) is 4. The van der Waals surface area contributed by atoms with E-state index in [4.69, 9.17) is 4.42 Å². The van der Waals surface area contributed by atoms with E-state index < -0.39 is 0 Å². The second kappa shape index (κ2) is 10.1. The Labute approximate surface area is 206 Å². The highest BCUT2D eigenvalue weighted by Crippen LogP contribution is 2.33. The van der Waals surface area contributed by atoms with Crippen molar-refractivity contribution >= 4 is 11.8 Å². The van der Waals surface area contributed by atoms with Crippen molar-refractivity contribution in [3.63, 3.8) is 0 Å². The molecule has 2 amide bonds. The zero-order chi connectivity index (χ0) is 24.4. The van der Waals surface area contributed by atoms with E-state index in [1.807, 2.05) is 50.2 Å². The van der Waals surface area contributed by atoms with Crippen LogP contribution in [0.5, 0.6) is 0 Å². The number of hydrogen-bond donors (Lipinski definition) is 1. The van der Waals surface area contributed by atoms with Crippen LogP contribution < -0.4 is 5.32 Å². The average Bonchev–Trinajstić information content (AvgIpc) is 3.59. The van der Waals surface area contributed by atoms with E-state index in [0.29, 0.717) is 17.6 Å². The summed E-state index contributed by atoms with van der Waals surface area (Å²) >= 11 is 0. The summed E-state index contributed by atoms with van der Waals surface area (Å²) in [7, 11) is 0. The van der Waals surface area contributed by atoms with Crippen molar-refractivity contribution in [2.24, 2.45) is 11.8 Å². The molecule has 1 aromatic heterocycles. The molecule has 2 fully saturated rings. The maximum absolute atomic E-state index is 13.2. The Bertz CT molecular complexity index is 1140. The van der Waals surface area contributed by atoms with Gasteiger partial charge in [0.15, 0.2) is 5.76 Å². The molecule has 2 aromatic carbocycles. The van der Waals surface area contributed by atoms with Crippen molar-refractivity contribution in [1.29, 1.82) is 0 Å². The van der Waals surface area contributed by atoms with Gasteiger partial charge in [-0.05, 0) is 60.9 Å². The molecule has 0 saturated carbocycles. The number of benzene rings is 2. The quantitative estimate of drug-likeness (QED) is 0.553. The van der Waals surface area contributed by atoms with Crippen molar-refractivity contribution in [1.82, 2.24) is 15.1 Å². The van der Waals surface area contributed by atoms with E-state index in [1.54, 1.807) is 12.1 Å². The van der Waals surface area contributed by atoms with Gasteiger partial charge in [-0.25, -0.2) is 0 Å². The van der Waals surface area contributed by atoms with Gasteiger partial charge in [-0.3, -0.25) is 9.59 Å². The summed E-state index contributed by atoms with van der Waals surface area (Å²) in [6.07, 6.45) is 2.34. The predicted octanol–water partition coefficient (Wildman–Crippen LogP) is 4.46. The number of fused-ring (bicyclic) bond motifs is 1. The molecule has 2 aliphatic rings. The number of amides is 2. The molecular weight excluding hydrogens is 438 g/mol. The van der Waals surface area contributed by atoms with Gasteiger partial charge < -0.3 is 19.5 Å². The topological polar surface area (TPSA) is 65.8 Å². The molecule has 6 nitrogen and oxygen atoms in total. The van der Waals surface area contributed by atoms with E-state index in [-0.39, 0.29) is 17.9 Å². The molecule has 2 unspecified atom stereocenters. The Balaban J connectivity index is 1.18. The van der Waals surface area contributed by atoms with Crippen LogP contribution in [0.1, 0.15) is 50.1 Å². The Morgan fingerprint density at radius 1 is 0.914 bits per heavy atom. The van der Waals surface area contributed by atoms with Crippen LogP contribution in [0.3, 0.4) is 0 Å². The van der Waals surface area contributed by atoms with Crippen LogP contribution in [0.4, 0.5) is 0 Å². The van der Waals surface area contributed by atoms with Crippen molar-refractivity contribution in [3.8, 4) is 0 Å². The number of nitrogens with one attached hydrogen (secondary N) is 1. The van der Waals surface area contributed by atoms with Crippen molar-refractivity contribution in [2.45, 2.75) is 26.3 Å². The van der Waals surface area contributed by atoms with Crippen LogP contribution in [-0.4, -0.2) is 54.3 Å². The monoisotopic (exact) mass is 471 g/mol. The first kappa shape index (κ1) is 23.4. The molecular formula is C29H33N3O3. The number of carbonyl (C=O) groups excluding carboxylic acids is 2. The van der Waals surface area contributed by atoms with E-state index in [0.717, 1.165) is 61.4 Å². The standard InChI is InChI=1S/C29H33N3O3/c1-20-8-6-9-21(2)27(20)29(34)32-18-23-16-31(17-24(23)19-32)14-13-25(22-10-4-3-5-11-22)30-28(33)26-12-7-15-35-26/h3-12,15,23-25H,13-14,16-19H2,1-2H3,(H,30,33)/t23?,24?,25-/m0/s1. The minimum atomic E-state index is -0.192. The Morgan fingerprint density at radius 2 is 1.60 bits per heavy atom. The number of likely N-dealkylation sites (tertiary alicyclic amines) is 2. The summed E-state index contributed by atoms with van der Waals surface area (Å²) in [5.74, 6) is 1.33. The Hall–Kier alpha value is -3.38. The van der Waals surface area contributed by atoms with Crippen LogP contribution in [0.25, 0.3) is 0 Å². The van der Waals surface area contributed by atoms with Crippen LogP contribution >= 0.6 is 0 Å². The highest BCUT2D eigenvalue weighted by atomic mass is 16.3. The smallest absolute Gasteiger partial charge is 0.287 e. The second-order valence-electron chi connectivity index (χ2n) is 9.96. The van der Waals surface area contributed by atoms with Crippen molar-refractivity contribution in [2.75, 3.05) is 32.7 Å². The summed E-state index contributed by atoms with van der Waals surface area (Å²) in [6.45, 7) is 8.58. The van der Waals surface area contributed by atoms with Gasteiger partial charge in [0.25, 0.3) is 11.8 Å². The lowest BCUT2D eigenvalue weighted by Gasteiger charge is -2.25. The van der Waals surface area contributed by atoms with Gasteiger partial charge in [-0.2, -0.15) is 0 Å². The number of nitrogens with zero attached hydrogens (tertiary/aromatic N) is 2. The third kappa shape index (κ3) is 5.03. The fourth-order valence-corrected chi connectivity index (χ4v) is 5.70. The SMILES string of the molecule is Cc1cccc(C)c1C(=O)N1CC2CN(CC[C@H](NC(=O)c3ccco3)c3ccccc3)CC2C1. The lowest BCUT2D eigenvalue weighted by atomic mass is 10.0. The van der Waals surface area contributed by atoms with Gasteiger partial charge in [0.2, 0.25) is 0 Å². The number of furan rings is 1. The molecule has 0 spiro atoms. The first-order valence-corrected chi connectivity index (χ1v) is 12.5. The van der Waals surface area contributed by atoms with Crippen molar-refractivity contribution < 1.29 is 14.0 Å². The largest absolute Gasteiger partial charge is 0.459 e. The predicted molar refractivity (Wildman–Crippen MR) is 135 cm³/mol. The summed E-state index contributed by atoms with van der Waals surface area (Å²) in [4.78, 5) is 30.4. The molecule has 3 heterocycles.